The SMILES string of the molecule is CC(N)c1cc(C(C)(C)c2ccc(O)cc2)n(-c2ccc(Cl)cc2Cl)n1. The van der Waals surface area contributed by atoms with E-state index in [2.05, 4.69) is 13.8 Å². The first-order valence-electron chi connectivity index (χ1n) is 8.31. The molecule has 2 aromatic carbocycles. The predicted octanol–water partition coefficient (Wildman–Crippen LogP) is 5.23. The van der Waals surface area contributed by atoms with Crippen molar-refractivity contribution in [1.29, 1.82) is 0 Å². The van der Waals surface area contributed by atoms with E-state index in [9.17, 15) is 5.11 Å². The van der Waals surface area contributed by atoms with E-state index in [1.54, 1.807) is 24.3 Å². The molecule has 0 aliphatic rings. The van der Waals surface area contributed by atoms with E-state index >= 15 is 0 Å². The molecule has 0 bridgehead atoms. The van der Waals surface area contributed by atoms with Crippen LogP contribution in [0.1, 0.15) is 43.8 Å². The smallest absolute Gasteiger partial charge is 0.115 e. The van der Waals surface area contributed by atoms with Crippen LogP contribution in [-0.4, -0.2) is 14.9 Å². The van der Waals surface area contributed by atoms with Crippen molar-refractivity contribution in [2.75, 3.05) is 0 Å². The maximum absolute atomic E-state index is 9.60. The summed E-state index contributed by atoms with van der Waals surface area (Å²) in [6.07, 6.45) is 0. The Morgan fingerprint density at radius 3 is 2.31 bits per heavy atom. The van der Waals surface area contributed by atoms with Crippen LogP contribution in [0.5, 0.6) is 5.75 Å². The van der Waals surface area contributed by atoms with Gasteiger partial charge >= 0.3 is 0 Å². The normalized spacial score (nSPS) is 13.0. The fourth-order valence-electron chi connectivity index (χ4n) is 2.93. The molecule has 1 unspecified atom stereocenters. The van der Waals surface area contributed by atoms with Crippen molar-refractivity contribution in [3.8, 4) is 11.4 Å². The zero-order valence-electron chi connectivity index (χ0n) is 14.9. The Hall–Kier alpha value is -2.01. The number of aromatic hydroxyl groups is 1. The van der Waals surface area contributed by atoms with Gasteiger partial charge in [-0.15, -0.1) is 0 Å². The van der Waals surface area contributed by atoms with Gasteiger partial charge in [0.2, 0.25) is 0 Å². The molecular weight excluding hydrogens is 369 g/mol. The van der Waals surface area contributed by atoms with Crippen LogP contribution < -0.4 is 5.73 Å². The van der Waals surface area contributed by atoms with Gasteiger partial charge in [0.25, 0.3) is 0 Å². The van der Waals surface area contributed by atoms with Crippen molar-refractivity contribution < 1.29 is 5.11 Å². The Morgan fingerprint density at radius 2 is 1.73 bits per heavy atom. The minimum absolute atomic E-state index is 0.211. The highest BCUT2D eigenvalue weighted by Crippen LogP contribution is 2.36. The summed E-state index contributed by atoms with van der Waals surface area (Å²) in [6, 6.07) is 14.3. The molecule has 0 saturated heterocycles. The Morgan fingerprint density at radius 1 is 1.08 bits per heavy atom. The summed E-state index contributed by atoms with van der Waals surface area (Å²) in [6.45, 7) is 6.09. The van der Waals surface area contributed by atoms with Gasteiger partial charge < -0.3 is 10.8 Å². The Kier molecular flexibility index (Phi) is 5.02. The lowest BCUT2D eigenvalue weighted by atomic mass is 9.81. The molecule has 0 radical (unpaired) electrons. The monoisotopic (exact) mass is 389 g/mol. The van der Waals surface area contributed by atoms with Crippen LogP contribution in [0.4, 0.5) is 0 Å². The van der Waals surface area contributed by atoms with Crippen molar-refractivity contribution >= 4 is 23.2 Å². The molecule has 0 spiro atoms. The Labute approximate surface area is 163 Å². The second-order valence-corrected chi connectivity index (χ2v) is 7.77. The third-order valence-electron chi connectivity index (χ3n) is 4.56. The highest BCUT2D eigenvalue weighted by Gasteiger charge is 2.30. The Bertz CT molecular complexity index is 931. The van der Waals surface area contributed by atoms with E-state index in [0.717, 1.165) is 22.6 Å². The third-order valence-corrected chi connectivity index (χ3v) is 5.10. The topological polar surface area (TPSA) is 64.1 Å². The number of rotatable bonds is 4. The fourth-order valence-corrected chi connectivity index (χ4v) is 3.42. The van der Waals surface area contributed by atoms with Crippen LogP contribution in [0.25, 0.3) is 5.69 Å². The summed E-state index contributed by atoms with van der Waals surface area (Å²) in [5, 5.41) is 15.4. The molecule has 3 N–H and O–H groups in total. The average Bonchev–Trinajstić information content (AvgIpc) is 3.01. The summed E-state index contributed by atoms with van der Waals surface area (Å²) < 4.78 is 1.82. The van der Waals surface area contributed by atoms with Crippen molar-refractivity contribution in [1.82, 2.24) is 9.78 Å². The van der Waals surface area contributed by atoms with E-state index in [0.29, 0.717) is 10.0 Å². The number of nitrogens with zero attached hydrogens (tertiary/aromatic N) is 2. The zero-order valence-corrected chi connectivity index (χ0v) is 16.4. The van der Waals surface area contributed by atoms with Crippen LogP contribution in [0.3, 0.4) is 0 Å². The number of phenols is 1. The van der Waals surface area contributed by atoms with E-state index in [1.807, 2.05) is 35.9 Å². The van der Waals surface area contributed by atoms with E-state index < -0.39 is 5.41 Å². The number of phenolic OH excluding ortho intramolecular Hbond substituents is 1. The minimum atomic E-state index is -0.392. The number of hydrogen-bond acceptors (Lipinski definition) is 3. The molecule has 0 amide bonds. The molecule has 4 nitrogen and oxygen atoms in total. The molecule has 0 fully saturated rings. The lowest BCUT2D eigenvalue weighted by molar-refractivity contribution is 0.474. The maximum Gasteiger partial charge on any atom is 0.115 e. The van der Waals surface area contributed by atoms with E-state index in [4.69, 9.17) is 34.0 Å². The fraction of sp³-hybridized carbons (Fsp3) is 0.250. The molecule has 1 atom stereocenters. The van der Waals surface area contributed by atoms with Crippen molar-refractivity contribution in [2.45, 2.75) is 32.2 Å². The molecular formula is C20H21Cl2N3O. The molecule has 0 aliphatic carbocycles. The van der Waals surface area contributed by atoms with Gasteiger partial charge in [-0.05, 0) is 48.9 Å². The van der Waals surface area contributed by atoms with Crippen LogP contribution in [0.2, 0.25) is 10.0 Å². The summed E-state index contributed by atoms with van der Waals surface area (Å²) >= 11 is 12.5. The third kappa shape index (κ3) is 3.45. The quantitative estimate of drug-likeness (QED) is 0.641. The standard InChI is InChI=1S/C20H21Cl2N3O/c1-12(23)17-11-19(20(2,3)13-4-7-15(26)8-5-13)25(24-17)18-9-6-14(21)10-16(18)22/h4-12,26H,23H2,1-3H3. The second-order valence-electron chi connectivity index (χ2n) is 6.92. The summed E-state index contributed by atoms with van der Waals surface area (Å²) in [5.74, 6) is 0.232. The van der Waals surface area contributed by atoms with Gasteiger partial charge in [-0.3, -0.25) is 0 Å². The van der Waals surface area contributed by atoms with Gasteiger partial charge in [0, 0.05) is 16.5 Å². The van der Waals surface area contributed by atoms with E-state index in [1.165, 1.54) is 0 Å². The number of aromatic nitrogens is 2. The number of hydrogen-bond donors (Lipinski definition) is 2. The summed E-state index contributed by atoms with van der Waals surface area (Å²) in [7, 11) is 0. The minimum Gasteiger partial charge on any atom is -0.508 e. The van der Waals surface area contributed by atoms with Crippen LogP contribution in [0.15, 0.2) is 48.5 Å². The van der Waals surface area contributed by atoms with Crippen LogP contribution in [0, 0.1) is 0 Å². The molecule has 3 aromatic rings. The highest BCUT2D eigenvalue weighted by molar-refractivity contribution is 6.35. The van der Waals surface area contributed by atoms with Gasteiger partial charge in [-0.1, -0.05) is 49.2 Å². The summed E-state index contributed by atoms with van der Waals surface area (Å²) in [4.78, 5) is 0. The van der Waals surface area contributed by atoms with E-state index in [-0.39, 0.29) is 11.8 Å². The first-order valence-corrected chi connectivity index (χ1v) is 9.06. The van der Waals surface area contributed by atoms with Gasteiger partial charge in [0.05, 0.1) is 22.1 Å². The van der Waals surface area contributed by atoms with Crippen LogP contribution >= 0.6 is 23.2 Å². The predicted molar refractivity (Wildman–Crippen MR) is 106 cm³/mol. The number of nitrogens with two attached hydrogens (primary N) is 1. The lowest BCUT2D eigenvalue weighted by Crippen LogP contribution is -2.23. The lowest BCUT2D eigenvalue weighted by Gasteiger charge is -2.27. The molecule has 3 rings (SSSR count). The van der Waals surface area contributed by atoms with Crippen molar-refractivity contribution in [3.63, 3.8) is 0 Å². The molecule has 0 saturated carbocycles. The van der Waals surface area contributed by atoms with Crippen molar-refractivity contribution in [2.24, 2.45) is 5.73 Å². The molecule has 6 heteroatoms. The van der Waals surface area contributed by atoms with Gasteiger partial charge in [0.1, 0.15) is 5.75 Å². The van der Waals surface area contributed by atoms with Gasteiger partial charge in [0.15, 0.2) is 0 Å². The first kappa shape index (κ1) is 18.8. The molecule has 1 aromatic heterocycles. The zero-order chi connectivity index (χ0) is 19.1. The number of halogens is 2. The second kappa shape index (κ2) is 6.95. The molecule has 136 valence electrons. The van der Waals surface area contributed by atoms with Gasteiger partial charge in [-0.25, -0.2) is 4.68 Å². The first-order chi connectivity index (χ1) is 12.2. The van der Waals surface area contributed by atoms with Gasteiger partial charge in [-0.2, -0.15) is 5.10 Å². The average molecular weight is 390 g/mol. The van der Waals surface area contributed by atoms with Crippen molar-refractivity contribution in [3.05, 3.63) is 75.5 Å². The Balaban J connectivity index is 2.21. The molecule has 26 heavy (non-hydrogen) atoms. The summed E-state index contributed by atoms with van der Waals surface area (Å²) in [5.41, 5.74) is 9.18. The molecule has 1 heterocycles. The van der Waals surface area contributed by atoms with Crippen LogP contribution in [-0.2, 0) is 5.41 Å². The number of benzene rings is 2. The maximum atomic E-state index is 9.60. The highest BCUT2D eigenvalue weighted by atomic mass is 35.5. The molecule has 0 aliphatic heterocycles. The largest absolute Gasteiger partial charge is 0.508 e.